The number of nitrogens with zero attached hydrogens (tertiary/aromatic N) is 1. The molecule has 0 atom stereocenters. The van der Waals surface area contributed by atoms with Gasteiger partial charge in [0.2, 0.25) is 5.91 Å². The van der Waals surface area contributed by atoms with Crippen molar-refractivity contribution < 1.29 is 22.3 Å². The van der Waals surface area contributed by atoms with Crippen LogP contribution in [0.3, 0.4) is 0 Å². The van der Waals surface area contributed by atoms with Crippen molar-refractivity contribution in [1.82, 2.24) is 0 Å². The van der Waals surface area contributed by atoms with Gasteiger partial charge in [-0.25, -0.2) is 12.8 Å². The number of nitrogens with one attached hydrogen (secondary N) is 2. The van der Waals surface area contributed by atoms with E-state index in [-0.39, 0.29) is 4.90 Å². The largest absolute Gasteiger partial charge is 0.497 e. The summed E-state index contributed by atoms with van der Waals surface area (Å²) in [5.74, 6) is -0.249. The lowest BCUT2D eigenvalue weighted by atomic mass is 10.2. The van der Waals surface area contributed by atoms with E-state index in [0.29, 0.717) is 28.4 Å². The van der Waals surface area contributed by atoms with Gasteiger partial charge in [0.05, 0.1) is 12.8 Å². The topological polar surface area (TPSA) is 87.7 Å². The number of halogens is 1. The minimum atomic E-state index is -3.96. The molecule has 1 aliphatic heterocycles. The predicted molar refractivity (Wildman–Crippen MR) is 136 cm³/mol. The normalized spacial score (nSPS) is 13.7. The lowest BCUT2D eigenvalue weighted by Crippen LogP contribution is -2.23. The minimum Gasteiger partial charge on any atom is -0.497 e. The first-order valence-corrected chi connectivity index (χ1v) is 12.6. The second-order valence-corrected chi connectivity index (χ2v) is 9.74. The van der Waals surface area contributed by atoms with E-state index >= 15 is 0 Å². The summed E-state index contributed by atoms with van der Waals surface area (Å²) in [6, 6.07) is 17.3. The van der Waals surface area contributed by atoms with E-state index in [2.05, 4.69) is 10.0 Å². The summed E-state index contributed by atoms with van der Waals surface area (Å²) in [6.45, 7) is 1.51. The highest BCUT2D eigenvalue weighted by atomic mass is 32.2. The van der Waals surface area contributed by atoms with E-state index in [1.54, 1.807) is 48.5 Å². The van der Waals surface area contributed by atoms with Gasteiger partial charge in [-0.05, 0) is 79.1 Å². The molecule has 1 heterocycles. The standard InChI is InChI=1S/C26H26FN3O4S/c1-34-23-11-8-21(9-12-23)29-35(32,33)25-18-22(10-13-24(25)30-15-2-3-16-30)28-26(31)14-7-19-5-4-6-20(27)17-19/h4-14,17-18,29H,2-3,15-16H2,1H3,(H,28,31)/b14-7+. The third-order valence-corrected chi connectivity index (χ3v) is 6.99. The Morgan fingerprint density at radius 3 is 2.40 bits per heavy atom. The Bertz CT molecular complexity index is 1330. The number of benzene rings is 3. The van der Waals surface area contributed by atoms with Gasteiger partial charge in [0.15, 0.2) is 0 Å². The van der Waals surface area contributed by atoms with Gasteiger partial charge in [0.25, 0.3) is 10.0 Å². The maximum absolute atomic E-state index is 13.4. The number of hydrogen-bond acceptors (Lipinski definition) is 5. The van der Waals surface area contributed by atoms with Crippen LogP contribution in [-0.2, 0) is 14.8 Å². The first-order chi connectivity index (χ1) is 16.8. The molecule has 1 aliphatic rings. The molecule has 35 heavy (non-hydrogen) atoms. The average Bonchev–Trinajstić information content (AvgIpc) is 3.38. The van der Waals surface area contributed by atoms with Crippen molar-refractivity contribution in [3.63, 3.8) is 0 Å². The van der Waals surface area contributed by atoms with Crippen LogP contribution < -0.4 is 19.7 Å². The first kappa shape index (κ1) is 24.3. The van der Waals surface area contributed by atoms with Crippen LogP contribution >= 0.6 is 0 Å². The van der Waals surface area contributed by atoms with Gasteiger partial charge in [-0.15, -0.1) is 0 Å². The van der Waals surface area contributed by atoms with E-state index < -0.39 is 21.7 Å². The van der Waals surface area contributed by atoms with E-state index in [0.717, 1.165) is 25.9 Å². The molecule has 0 aromatic heterocycles. The molecule has 0 spiro atoms. The molecule has 3 aromatic rings. The van der Waals surface area contributed by atoms with Gasteiger partial charge >= 0.3 is 0 Å². The molecule has 4 rings (SSSR count). The molecule has 182 valence electrons. The second-order valence-electron chi connectivity index (χ2n) is 8.09. The molecule has 1 amide bonds. The molecule has 0 unspecified atom stereocenters. The molecule has 1 saturated heterocycles. The highest BCUT2D eigenvalue weighted by Gasteiger charge is 2.25. The van der Waals surface area contributed by atoms with Crippen molar-refractivity contribution >= 4 is 39.1 Å². The van der Waals surface area contributed by atoms with Gasteiger partial charge in [0.1, 0.15) is 16.5 Å². The van der Waals surface area contributed by atoms with Gasteiger partial charge in [0, 0.05) is 30.5 Å². The molecule has 7 nitrogen and oxygen atoms in total. The lowest BCUT2D eigenvalue weighted by Gasteiger charge is -2.22. The fourth-order valence-electron chi connectivity index (χ4n) is 3.86. The highest BCUT2D eigenvalue weighted by Crippen LogP contribution is 2.32. The van der Waals surface area contributed by atoms with Crippen molar-refractivity contribution in [2.75, 3.05) is 35.1 Å². The zero-order chi connectivity index (χ0) is 24.8. The SMILES string of the molecule is COc1ccc(NS(=O)(=O)c2cc(NC(=O)/C=C/c3cccc(F)c3)ccc2N2CCCC2)cc1. The molecule has 0 bridgehead atoms. The van der Waals surface area contributed by atoms with E-state index in [1.807, 2.05) is 4.90 Å². The van der Waals surface area contributed by atoms with Crippen LogP contribution in [0.4, 0.5) is 21.5 Å². The number of methoxy groups -OCH3 is 1. The highest BCUT2D eigenvalue weighted by molar-refractivity contribution is 7.92. The van der Waals surface area contributed by atoms with Crippen LogP contribution in [0.15, 0.2) is 77.7 Å². The number of sulfonamides is 1. The van der Waals surface area contributed by atoms with Crippen molar-refractivity contribution in [3.05, 3.63) is 84.2 Å². The average molecular weight is 496 g/mol. The number of carbonyl (C=O) groups is 1. The fourth-order valence-corrected chi connectivity index (χ4v) is 5.17. The Hall–Kier alpha value is -3.85. The van der Waals surface area contributed by atoms with Crippen LogP contribution in [0.5, 0.6) is 5.75 Å². The van der Waals surface area contributed by atoms with Crippen molar-refractivity contribution in [3.8, 4) is 5.75 Å². The maximum Gasteiger partial charge on any atom is 0.264 e. The Kier molecular flexibility index (Phi) is 7.36. The summed E-state index contributed by atoms with van der Waals surface area (Å²) in [6.07, 6.45) is 4.72. The number of ether oxygens (including phenoxy) is 1. The summed E-state index contributed by atoms with van der Waals surface area (Å²) in [5.41, 5.74) is 1.84. The molecule has 2 N–H and O–H groups in total. The third kappa shape index (κ3) is 6.19. The summed E-state index contributed by atoms with van der Waals surface area (Å²) < 4.78 is 47.9. The maximum atomic E-state index is 13.4. The lowest BCUT2D eigenvalue weighted by molar-refractivity contribution is -0.111. The van der Waals surface area contributed by atoms with Crippen molar-refractivity contribution in [2.24, 2.45) is 0 Å². The number of amides is 1. The van der Waals surface area contributed by atoms with Crippen LogP contribution in [-0.4, -0.2) is 34.5 Å². The van der Waals surface area contributed by atoms with Crippen molar-refractivity contribution in [1.29, 1.82) is 0 Å². The number of anilines is 3. The van der Waals surface area contributed by atoms with Crippen LogP contribution in [0.1, 0.15) is 18.4 Å². The molecular formula is C26H26FN3O4S. The zero-order valence-electron chi connectivity index (χ0n) is 19.2. The quantitative estimate of drug-likeness (QED) is 0.435. The second kappa shape index (κ2) is 10.6. The molecular weight excluding hydrogens is 469 g/mol. The Morgan fingerprint density at radius 1 is 1.00 bits per heavy atom. The van der Waals surface area contributed by atoms with E-state index in [9.17, 15) is 17.6 Å². The Balaban J connectivity index is 1.59. The fraction of sp³-hybridized carbons (Fsp3) is 0.192. The Morgan fingerprint density at radius 2 is 1.71 bits per heavy atom. The van der Waals surface area contributed by atoms with Gasteiger partial charge in [-0.3, -0.25) is 9.52 Å². The van der Waals surface area contributed by atoms with Crippen LogP contribution in [0.2, 0.25) is 0 Å². The predicted octanol–water partition coefficient (Wildman–Crippen LogP) is 4.89. The summed E-state index contributed by atoms with van der Waals surface area (Å²) in [5, 5.41) is 2.69. The molecule has 0 radical (unpaired) electrons. The molecule has 1 fully saturated rings. The van der Waals surface area contributed by atoms with Crippen molar-refractivity contribution in [2.45, 2.75) is 17.7 Å². The van der Waals surface area contributed by atoms with Gasteiger partial charge < -0.3 is 15.0 Å². The molecule has 0 saturated carbocycles. The number of rotatable bonds is 8. The van der Waals surface area contributed by atoms with Gasteiger partial charge in [-0.1, -0.05) is 12.1 Å². The number of hydrogen-bond donors (Lipinski definition) is 2. The summed E-state index contributed by atoms with van der Waals surface area (Å²) in [4.78, 5) is 14.5. The Labute approximate surface area is 204 Å². The van der Waals surface area contributed by atoms with E-state index in [4.69, 9.17) is 4.74 Å². The van der Waals surface area contributed by atoms with Gasteiger partial charge in [-0.2, -0.15) is 0 Å². The third-order valence-electron chi connectivity index (χ3n) is 5.58. The number of carbonyl (C=O) groups excluding carboxylic acids is 1. The summed E-state index contributed by atoms with van der Waals surface area (Å²) >= 11 is 0. The minimum absolute atomic E-state index is 0.0714. The summed E-state index contributed by atoms with van der Waals surface area (Å²) in [7, 11) is -2.43. The molecule has 3 aromatic carbocycles. The van der Waals surface area contributed by atoms with E-state index in [1.165, 1.54) is 37.5 Å². The zero-order valence-corrected chi connectivity index (χ0v) is 20.0. The molecule has 0 aliphatic carbocycles. The van der Waals surface area contributed by atoms with Crippen LogP contribution in [0, 0.1) is 5.82 Å². The smallest absolute Gasteiger partial charge is 0.264 e. The molecule has 9 heteroatoms. The first-order valence-electron chi connectivity index (χ1n) is 11.1. The monoisotopic (exact) mass is 495 g/mol. The van der Waals surface area contributed by atoms with Crippen LogP contribution in [0.25, 0.3) is 6.08 Å².